The zero-order valence-corrected chi connectivity index (χ0v) is 19.9. The smallest absolute Gasteiger partial charge is 0.273 e. The van der Waals surface area contributed by atoms with Crippen LogP contribution in [-0.2, 0) is 15.3 Å². The maximum Gasteiger partial charge on any atom is 0.273 e. The SMILES string of the molecule is CCOP(=O)(Cc1ccc(Nc2ncc3scc(-c4ccccc4OC)c3n2)cc1)NC. The van der Waals surface area contributed by atoms with Crippen LogP contribution in [0.5, 0.6) is 5.75 Å². The molecule has 0 amide bonds. The molecule has 2 N–H and O–H groups in total. The highest BCUT2D eigenvalue weighted by molar-refractivity contribution is 7.56. The number of thiophene rings is 1. The van der Waals surface area contributed by atoms with Gasteiger partial charge in [-0.1, -0.05) is 30.3 Å². The van der Waals surface area contributed by atoms with Crippen molar-refractivity contribution in [3.8, 4) is 16.9 Å². The number of hydrogen-bond acceptors (Lipinski definition) is 7. The zero-order valence-electron chi connectivity index (χ0n) is 18.2. The quantitative estimate of drug-likeness (QED) is 0.289. The summed E-state index contributed by atoms with van der Waals surface area (Å²) in [6, 6.07) is 15.6. The first-order valence-corrected chi connectivity index (χ1v) is 12.9. The minimum absolute atomic E-state index is 0.331. The molecule has 4 aromatic rings. The second kappa shape index (κ2) is 9.79. The maximum atomic E-state index is 12.6. The van der Waals surface area contributed by atoms with Gasteiger partial charge in [0.1, 0.15) is 5.75 Å². The molecule has 2 heterocycles. The first kappa shape index (κ1) is 22.4. The van der Waals surface area contributed by atoms with E-state index in [0.29, 0.717) is 18.7 Å². The third-order valence-electron chi connectivity index (χ3n) is 4.99. The van der Waals surface area contributed by atoms with E-state index in [-0.39, 0.29) is 0 Å². The molecule has 0 spiro atoms. The van der Waals surface area contributed by atoms with E-state index in [2.05, 4.69) is 20.8 Å². The van der Waals surface area contributed by atoms with Crippen LogP contribution >= 0.6 is 18.9 Å². The normalized spacial score (nSPS) is 13.1. The number of hydrogen-bond donors (Lipinski definition) is 2. The van der Waals surface area contributed by atoms with Crippen molar-refractivity contribution in [1.29, 1.82) is 0 Å². The van der Waals surface area contributed by atoms with E-state index >= 15 is 0 Å². The van der Waals surface area contributed by atoms with Gasteiger partial charge < -0.3 is 14.6 Å². The number of anilines is 2. The van der Waals surface area contributed by atoms with Crippen molar-refractivity contribution in [2.75, 3.05) is 26.1 Å². The summed E-state index contributed by atoms with van der Waals surface area (Å²) in [7, 11) is 0.456. The van der Waals surface area contributed by atoms with Gasteiger partial charge in [0.2, 0.25) is 5.95 Å². The molecule has 9 heteroatoms. The highest BCUT2D eigenvalue weighted by Gasteiger charge is 2.20. The molecule has 2 aromatic carbocycles. The van der Waals surface area contributed by atoms with Crippen LogP contribution in [0, 0.1) is 0 Å². The fraction of sp³-hybridized carbons (Fsp3) is 0.217. The second-order valence-corrected chi connectivity index (χ2v) is 10.3. The molecule has 4 rings (SSSR count). The number of para-hydroxylation sites is 1. The molecule has 1 atom stereocenters. The van der Waals surface area contributed by atoms with Gasteiger partial charge >= 0.3 is 0 Å². The van der Waals surface area contributed by atoms with Gasteiger partial charge in [0.15, 0.2) is 0 Å². The Morgan fingerprint density at radius 2 is 1.88 bits per heavy atom. The number of rotatable bonds is 9. The Balaban J connectivity index is 1.57. The lowest BCUT2D eigenvalue weighted by atomic mass is 10.1. The van der Waals surface area contributed by atoms with Gasteiger partial charge in [-0.25, -0.2) is 15.1 Å². The third-order valence-corrected chi connectivity index (χ3v) is 8.03. The standard InChI is InChI=1S/C23H25N4O3PS/c1-4-30-31(28,24-2)14-16-9-11-17(12-10-16)26-23-25-13-21-22(27-23)19(15-32-21)18-7-5-6-8-20(18)29-3/h5-13,15H,4,14H2,1-3H3,(H,24,28)(H,25,26,27). The van der Waals surface area contributed by atoms with Gasteiger partial charge in [-0.3, -0.25) is 4.57 Å². The predicted molar refractivity (Wildman–Crippen MR) is 131 cm³/mol. The Morgan fingerprint density at radius 3 is 2.59 bits per heavy atom. The molecule has 32 heavy (non-hydrogen) atoms. The monoisotopic (exact) mass is 468 g/mol. The van der Waals surface area contributed by atoms with Crippen LogP contribution in [-0.4, -0.2) is 30.7 Å². The van der Waals surface area contributed by atoms with Crippen molar-refractivity contribution >= 4 is 40.7 Å². The lowest BCUT2D eigenvalue weighted by Gasteiger charge is -2.16. The maximum absolute atomic E-state index is 12.6. The number of benzene rings is 2. The van der Waals surface area contributed by atoms with Crippen LogP contribution < -0.4 is 15.1 Å². The van der Waals surface area contributed by atoms with Crippen LogP contribution in [0.1, 0.15) is 12.5 Å². The summed E-state index contributed by atoms with van der Waals surface area (Å²) in [5, 5.41) is 8.15. The van der Waals surface area contributed by atoms with Gasteiger partial charge in [-0.05, 0) is 37.7 Å². The Bertz CT molecular complexity index is 1260. The number of ether oxygens (including phenoxy) is 1. The van der Waals surface area contributed by atoms with Gasteiger partial charge in [-0.15, -0.1) is 11.3 Å². The van der Waals surface area contributed by atoms with Gasteiger partial charge in [0.25, 0.3) is 7.52 Å². The van der Waals surface area contributed by atoms with Crippen molar-refractivity contribution in [2.45, 2.75) is 13.1 Å². The van der Waals surface area contributed by atoms with Gasteiger partial charge in [-0.2, -0.15) is 0 Å². The summed E-state index contributed by atoms with van der Waals surface area (Å²) < 4.78 is 24.6. The zero-order chi connectivity index (χ0) is 22.6. The Hall–Kier alpha value is -2.77. The molecule has 0 aliphatic heterocycles. The number of aromatic nitrogens is 2. The summed E-state index contributed by atoms with van der Waals surface area (Å²) in [5.74, 6) is 1.32. The summed E-state index contributed by atoms with van der Waals surface area (Å²) >= 11 is 1.60. The van der Waals surface area contributed by atoms with E-state index < -0.39 is 7.52 Å². The van der Waals surface area contributed by atoms with E-state index in [1.165, 1.54) is 0 Å². The number of fused-ring (bicyclic) bond motifs is 1. The average Bonchev–Trinajstić information content (AvgIpc) is 3.23. The Kier molecular flexibility index (Phi) is 6.86. The number of methoxy groups -OCH3 is 1. The summed E-state index contributed by atoms with van der Waals surface area (Å²) in [6.45, 7) is 2.23. The minimum atomic E-state index is -2.87. The molecule has 0 bridgehead atoms. The molecule has 7 nitrogen and oxygen atoms in total. The summed E-state index contributed by atoms with van der Waals surface area (Å²) in [6.07, 6.45) is 2.16. The van der Waals surface area contributed by atoms with Crippen molar-refractivity contribution in [3.05, 3.63) is 65.7 Å². The highest BCUT2D eigenvalue weighted by Crippen LogP contribution is 2.45. The number of nitrogens with zero attached hydrogens (tertiary/aromatic N) is 2. The Labute approximate surface area is 191 Å². The molecular formula is C23H25N4O3PS. The largest absolute Gasteiger partial charge is 0.496 e. The molecule has 166 valence electrons. The number of nitrogens with one attached hydrogen (secondary N) is 2. The molecule has 0 radical (unpaired) electrons. The van der Waals surface area contributed by atoms with Crippen LogP contribution in [0.2, 0.25) is 0 Å². The first-order valence-electron chi connectivity index (χ1n) is 10.2. The van der Waals surface area contributed by atoms with Crippen LogP contribution in [0.4, 0.5) is 11.6 Å². The Morgan fingerprint density at radius 1 is 1.09 bits per heavy atom. The molecular weight excluding hydrogens is 443 g/mol. The molecule has 1 unspecified atom stereocenters. The molecule has 0 aliphatic rings. The third kappa shape index (κ3) is 4.84. The average molecular weight is 469 g/mol. The van der Waals surface area contributed by atoms with E-state index in [9.17, 15) is 4.57 Å². The fourth-order valence-corrected chi connectivity index (χ4v) is 5.76. The van der Waals surface area contributed by atoms with Gasteiger partial charge in [0, 0.05) is 22.2 Å². The fourth-order valence-electron chi connectivity index (χ4n) is 3.41. The lowest BCUT2D eigenvalue weighted by molar-refractivity contribution is 0.326. The molecule has 0 fully saturated rings. The molecule has 2 aromatic heterocycles. The van der Waals surface area contributed by atoms with Crippen molar-refractivity contribution in [1.82, 2.24) is 15.1 Å². The van der Waals surface area contributed by atoms with E-state index in [1.54, 1.807) is 25.5 Å². The topological polar surface area (TPSA) is 85.4 Å². The van der Waals surface area contributed by atoms with E-state index in [4.69, 9.17) is 14.2 Å². The van der Waals surface area contributed by atoms with Crippen molar-refractivity contribution in [3.63, 3.8) is 0 Å². The van der Waals surface area contributed by atoms with Crippen molar-refractivity contribution < 1.29 is 13.8 Å². The summed E-state index contributed by atoms with van der Waals surface area (Å²) in [5.41, 5.74) is 4.66. The van der Waals surface area contributed by atoms with Crippen LogP contribution in [0.15, 0.2) is 60.1 Å². The first-order chi connectivity index (χ1) is 15.5. The lowest BCUT2D eigenvalue weighted by Crippen LogP contribution is -2.08. The predicted octanol–water partition coefficient (Wildman–Crippen LogP) is 6.06. The van der Waals surface area contributed by atoms with Crippen LogP contribution in [0.25, 0.3) is 21.3 Å². The molecule has 0 saturated carbocycles. The summed E-state index contributed by atoms with van der Waals surface area (Å²) in [4.78, 5) is 9.21. The van der Waals surface area contributed by atoms with Gasteiger partial charge in [0.05, 0.1) is 36.3 Å². The highest BCUT2D eigenvalue weighted by atomic mass is 32.1. The molecule has 0 aliphatic carbocycles. The van der Waals surface area contributed by atoms with Crippen molar-refractivity contribution in [2.24, 2.45) is 0 Å². The van der Waals surface area contributed by atoms with Crippen LogP contribution in [0.3, 0.4) is 0 Å². The molecule has 0 saturated heterocycles. The second-order valence-electron chi connectivity index (χ2n) is 7.05. The minimum Gasteiger partial charge on any atom is -0.496 e. The van der Waals surface area contributed by atoms with E-state index in [1.807, 2.05) is 61.7 Å². The van der Waals surface area contributed by atoms with E-state index in [0.717, 1.165) is 38.3 Å².